The number of halogens is 2. The van der Waals surface area contributed by atoms with Crippen LogP contribution >= 0.6 is 12.4 Å². The van der Waals surface area contributed by atoms with Crippen molar-refractivity contribution in [2.75, 3.05) is 13.1 Å². The molecule has 0 saturated carbocycles. The Hall–Kier alpha value is -1.46. The molecule has 4 nitrogen and oxygen atoms in total. The zero-order valence-corrected chi connectivity index (χ0v) is 15.0. The topological polar surface area (TPSA) is 63.4 Å². The number of benzene rings is 1. The van der Waals surface area contributed by atoms with Crippen LogP contribution in [0.5, 0.6) is 0 Å². The molecule has 1 aromatic rings. The van der Waals surface area contributed by atoms with E-state index in [9.17, 15) is 14.0 Å². The van der Waals surface area contributed by atoms with E-state index in [4.69, 9.17) is 5.73 Å². The molecule has 0 aromatic heterocycles. The molecule has 1 aliphatic rings. The summed E-state index contributed by atoms with van der Waals surface area (Å²) >= 11 is 0. The first-order valence-corrected chi connectivity index (χ1v) is 8.28. The molecule has 2 rings (SSSR count). The van der Waals surface area contributed by atoms with Gasteiger partial charge < -0.3 is 10.6 Å². The van der Waals surface area contributed by atoms with E-state index >= 15 is 0 Å². The van der Waals surface area contributed by atoms with Gasteiger partial charge in [-0.15, -0.1) is 12.4 Å². The highest BCUT2D eigenvalue weighted by Gasteiger charge is 2.32. The summed E-state index contributed by atoms with van der Waals surface area (Å²) in [6.07, 6.45) is 2.38. The van der Waals surface area contributed by atoms with Gasteiger partial charge >= 0.3 is 0 Å². The largest absolute Gasteiger partial charge is 0.341 e. The Labute approximate surface area is 149 Å². The van der Waals surface area contributed by atoms with Gasteiger partial charge in [-0.3, -0.25) is 9.59 Å². The fourth-order valence-corrected chi connectivity index (χ4v) is 2.95. The maximum Gasteiger partial charge on any atom is 0.239 e. The summed E-state index contributed by atoms with van der Waals surface area (Å²) in [6.45, 7) is 5.03. The number of nitrogens with two attached hydrogens (primary N) is 1. The number of hydrogen-bond acceptors (Lipinski definition) is 3. The smallest absolute Gasteiger partial charge is 0.239 e. The van der Waals surface area contributed by atoms with E-state index in [1.807, 2.05) is 13.8 Å². The number of hydrogen-bond donors (Lipinski definition) is 1. The lowest BCUT2D eigenvalue weighted by Gasteiger charge is -2.34. The van der Waals surface area contributed by atoms with Crippen LogP contribution in [0.15, 0.2) is 24.3 Å². The van der Waals surface area contributed by atoms with E-state index in [-0.39, 0.29) is 41.8 Å². The van der Waals surface area contributed by atoms with Crippen LogP contribution < -0.4 is 5.73 Å². The van der Waals surface area contributed by atoms with Gasteiger partial charge in [0, 0.05) is 24.6 Å². The highest BCUT2D eigenvalue weighted by Crippen LogP contribution is 2.22. The Kier molecular flexibility index (Phi) is 7.84. The SMILES string of the molecule is CCC(C)C(N)C(=O)N1CCCC(C(=O)c2ccc(F)cc2)C1.Cl. The number of piperidine rings is 1. The van der Waals surface area contributed by atoms with Crippen molar-refractivity contribution in [1.82, 2.24) is 4.90 Å². The molecule has 24 heavy (non-hydrogen) atoms. The van der Waals surface area contributed by atoms with Crippen LogP contribution in [0.3, 0.4) is 0 Å². The number of carbonyl (C=O) groups is 2. The van der Waals surface area contributed by atoms with Crippen LogP contribution in [0.4, 0.5) is 4.39 Å². The second-order valence-corrected chi connectivity index (χ2v) is 6.41. The summed E-state index contributed by atoms with van der Waals surface area (Å²) in [4.78, 5) is 26.7. The van der Waals surface area contributed by atoms with Crippen molar-refractivity contribution in [2.45, 2.75) is 39.2 Å². The zero-order valence-electron chi connectivity index (χ0n) is 14.2. The average molecular weight is 357 g/mol. The number of Topliss-reactive ketones (excluding diaryl/α,β-unsaturated/α-hetero) is 1. The van der Waals surface area contributed by atoms with Crippen molar-refractivity contribution in [3.63, 3.8) is 0 Å². The summed E-state index contributed by atoms with van der Waals surface area (Å²) in [5.41, 5.74) is 6.53. The number of likely N-dealkylation sites (tertiary alicyclic amines) is 1. The van der Waals surface area contributed by atoms with Crippen LogP contribution in [-0.4, -0.2) is 35.7 Å². The highest BCUT2D eigenvalue weighted by molar-refractivity contribution is 5.98. The number of ketones is 1. The molecule has 3 atom stereocenters. The third-order valence-corrected chi connectivity index (χ3v) is 4.77. The third-order valence-electron chi connectivity index (χ3n) is 4.77. The van der Waals surface area contributed by atoms with Gasteiger partial charge in [-0.05, 0) is 43.0 Å². The molecule has 6 heteroatoms. The quantitative estimate of drug-likeness (QED) is 0.825. The average Bonchev–Trinajstić information content (AvgIpc) is 2.59. The van der Waals surface area contributed by atoms with E-state index in [2.05, 4.69) is 0 Å². The van der Waals surface area contributed by atoms with Crippen molar-refractivity contribution in [1.29, 1.82) is 0 Å². The summed E-state index contributed by atoms with van der Waals surface area (Å²) in [6, 6.07) is 5.07. The van der Waals surface area contributed by atoms with Gasteiger partial charge in [-0.2, -0.15) is 0 Å². The van der Waals surface area contributed by atoms with Gasteiger partial charge in [0.2, 0.25) is 5.91 Å². The predicted octanol–water partition coefficient (Wildman–Crippen LogP) is 3.04. The fraction of sp³-hybridized carbons (Fsp3) is 0.556. The van der Waals surface area contributed by atoms with Crippen molar-refractivity contribution >= 4 is 24.1 Å². The summed E-state index contributed by atoms with van der Waals surface area (Å²) < 4.78 is 13.0. The Bertz CT molecular complexity index is 565. The lowest BCUT2D eigenvalue weighted by Crippen LogP contribution is -2.51. The number of rotatable bonds is 5. The summed E-state index contributed by atoms with van der Waals surface area (Å²) in [5.74, 6) is -0.574. The minimum absolute atomic E-state index is 0. The molecular formula is C18H26ClFN2O2. The maximum absolute atomic E-state index is 13.0. The first-order valence-electron chi connectivity index (χ1n) is 8.28. The molecule has 1 fully saturated rings. The molecule has 1 amide bonds. The maximum atomic E-state index is 13.0. The van der Waals surface area contributed by atoms with Crippen LogP contribution in [0.25, 0.3) is 0 Å². The molecule has 1 aliphatic heterocycles. The van der Waals surface area contributed by atoms with Gasteiger partial charge in [-0.1, -0.05) is 20.3 Å². The van der Waals surface area contributed by atoms with Crippen LogP contribution in [-0.2, 0) is 4.79 Å². The molecule has 1 heterocycles. The summed E-state index contributed by atoms with van der Waals surface area (Å²) in [7, 11) is 0. The van der Waals surface area contributed by atoms with Gasteiger partial charge in [-0.25, -0.2) is 4.39 Å². The molecule has 1 aromatic carbocycles. The summed E-state index contributed by atoms with van der Waals surface area (Å²) in [5, 5.41) is 0. The molecule has 0 radical (unpaired) electrons. The monoisotopic (exact) mass is 356 g/mol. The van der Waals surface area contributed by atoms with Crippen molar-refractivity contribution in [3.05, 3.63) is 35.6 Å². The van der Waals surface area contributed by atoms with Crippen LogP contribution in [0.2, 0.25) is 0 Å². The first kappa shape index (κ1) is 20.6. The lowest BCUT2D eigenvalue weighted by molar-refractivity contribution is -0.135. The highest BCUT2D eigenvalue weighted by atomic mass is 35.5. The van der Waals surface area contributed by atoms with E-state index in [0.29, 0.717) is 18.7 Å². The van der Waals surface area contributed by atoms with Crippen LogP contribution in [0, 0.1) is 17.7 Å². The minimum atomic E-state index is -0.514. The number of amides is 1. The molecule has 3 unspecified atom stereocenters. The van der Waals surface area contributed by atoms with E-state index < -0.39 is 6.04 Å². The molecular weight excluding hydrogens is 331 g/mol. The normalized spacial score (nSPS) is 20.0. The van der Waals surface area contributed by atoms with E-state index in [0.717, 1.165) is 19.3 Å². The van der Waals surface area contributed by atoms with Crippen molar-refractivity contribution in [2.24, 2.45) is 17.6 Å². The Morgan fingerprint density at radius 3 is 2.54 bits per heavy atom. The Morgan fingerprint density at radius 2 is 1.96 bits per heavy atom. The predicted molar refractivity (Wildman–Crippen MR) is 94.7 cm³/mol. The van der Waals surface area contributed by atoms with Gasteiger partial charge in [0.15, 0.2) is 5.78 Å². The Balaban J connectivity index is 0.00000288. The second-order valence-electron chi connectivity index (χ2n) is 6.41. The van der Waals surface area contributed by atoms with Gasteiger partial charge in [0.1, 0.15) is 5.82 Å². The molecule has 134 valence electrons. The molecule has 1 saturated heterocycles. The first-order chi connectivity index (χ1) is 10.9. The number of carbonyl (C=O) groups excluding carboxylic acids is 2. The molecule has 2 N–H and O–H groups in total. The molecule has 0 bridgehead atoms. The van der Waals surface area contributed by atoms with Gasteiger partial charge in [0.25, 0.3) is 0 Å². The Morgan fingerprint density at radius 1 is 1.33 bits per heavy atom. The number of nitrogens with zero attached hydrogens (tertiary/aromatic N) is 1. The van der Waals surface area contributed by atoms with Crippen molar-refractivity contribution < 1.29 is 14.0 Å². The zero-order chi connectivity index (χ0) is 17.0. The molecule has 0 aliphatic carbocycles. The van der Waals surface area contributed by atoms with E-state index in [1.165, 1.54) is 24.3 Å². The standard InChI is InChI=1S/C18H25FN2O2.ClH/c1-3-12(2)16(20)18(23)21-10-4-5-14(11-21)17(22)13-6-8-15(19)9-7-13;/h6-9,12,14,16H,3-5,10-11,20H2,1-2H3;1H. The lowest BCUT2D eigenvalue weighted by atomic mass is 9.89. The van der Waals surface area contributed by atoms with Crippen molar-refractivity contribution in [3.8, 4) is 0 Å². The van der Waals surface area contributed by atoms with E-state index in [1.54, 1.807) is 4.90 Å². The fourth-order valence-electron chi connectivity index (χ4n) is 2.95. The van der Waals surface area contributed by atoms with Crippen LogP contribution in [0.1, 0.15) is 43.5 Å². The van der Waals surface area contributed by atoms with Gasteiger partial charge in [0.05, 0.1) is 6.04 Å². The second kappa shape index (κ2) is 9.14. The third kappa shape index (κ3) is 4.77. The molecule has 0 spiro atoms. The minimum Gasteiger partial charge on any atom is -0.341 e.